The summed E-state index contributed by atoms with van der Waals surface area (Å²) in [6.07, 6.45) is 0. The molecule has 0 saturated heterocycles. The highest BCUT2D eigenvalue weighted by Crippen LogP contribution is 2.51. The number of azo groups is 2. The summed E-state index contributed by atoms with van der Waals surface area (Å²) in [5.74, 6) is -3.99. The molecule has 0 heterocycles. The zero-order chi connectivity index (χ0) is 37.0. The van der Waals surface area contributed by atoms with Crippen molar-refractivity contribution in [2.24, 2.45) is 20.5 Å². The number of carbonyl (C=O) groups is 1. The molecule has 4 aromatic rings. The van der Waals surface area contributed by atoms with Gasteiger partial charge in [-0.05, 0) is 41.8 Å². The topological polar surface area (TPSA) is 356 Å². The van der Waals surface area contributed by atoms with E-state index in [1.54, 1.807) is 0 Å². The Morgan fingerprint density at radius 3 is 1.96 bits per heavy atom. The Morgan fingerprint density at radius 1 is 0.760 bits per heavy atom. The van der Waals surface area contributed by atoms with Crippen LogP contribution in [0.4, 0.5) is 28.4 Å². The van der Waals surface area contributed by atoms with Crippen LogP contribution in [0.3, 0.4) is 0 Å². The van der Waals surface area contributed by atoms with E-state index in [2.05, 4.69) is 39.2 Å². The standard InChI is InChI=1S/C23H15N5O18S4/c29-21-18-9(5-15(48-46-44-36)19(21)26-25-14-8-11(47-45-43-35)2-4-16(14)49(37,38)39)6-17(50(40,41)42)20(22(18)30)27-24-13-3-1-10(28(33)34)7-12(13)23(31)32/h1-8,29-30,35-36H,(H,31,32)(H,37,38,39)(H,40,41,42)/b26-25+,27-24+. The summed E-state index contributed by atoms with van der Waals surface area (Å²) < 4.78 is 76.7. The van der Waals surface area contributed by atoms with Crippen LogP contribution in [0, 0.1) is 10.1 Å². The van der Waals surface area contributed by atoms with Crippen LogP contribution >= 0.6 is 24.1 Å². The predicted octanol–water partition coefficient (Wildman–Crippen LogP) is 6.04. The lowest BCUT2D eigenvalue weighted by Gasteiger charge is -2.13. The quantitative estimate of drug-likeness (QED) is 0.0191. The molecule has 0 saturated carbocycles. The smallest absolute Gasteiger partial charge is 0.338 e. The highest BCUT2D eigenvalue weighted by Gasteiger charge is 2.27. The number of aromatic hydroxyl groups is 2. The molecule has 0 aliphatic heterocycles. The van der Waals surface area contributed by atoms with Gasteiger partial charge in [0, 0.05) is 17.0 Å². The van der Waals surface area contributed by atoms with E-state index in [4.69, 9.17) is 10.5 Å². The Hall–Kier alpha value is -4.91. The number of carboxylic acids is 1. The molecule has 0 amide bonds. The molecule has 0 fully saturated rings. The van der Waals surface area contributed by atoms with Crippen LogP contribution in [-0.4, -0.2) is 62.7 Å². The van der Waals surface area contributed by atoms with E-state index in [0.717, 1.165) is 36.4 Å². The van der Waals surface area contributed by atoms with Gasteiger partial charge in [-0.3, -0.25) is 19.2 Å². The number of carboxylic acid groups (broad SMARTS) is 1. The summed E-state index contributed by atoms with van der Waals surface area (Å²) in [6.45, 7) is 0. The van der Waals surface area contributed by atoms with E-state index in [1.165, 1.54) is 0 Å². The van der Waals surface area contributed by atoms with Crippen molar-refractivity contribution < 1.29 is 80.2 Å². The molecule has 0 aliphatic rings. The molecule has 50 heavy (non-hydrogen) atoms. The van der Waals surface area contributed by atoms with Gasteiger partial charge in [-0.15, -0.1) is 29.1 Å². The van der Waals surface area contributed by atoms with Gasteiger partial charge in [-0.2, -0.15) is 16.8 Å². The van der Waals surface area contributed by atoms with Gasteiger partial charge in [0.25, 0.3) is 25.9 Å². The first-order valence-corrected chi connectivity index (χ1v) is 16.6. The predicted molar refractivity (Wildman–Crippen MR) is 163 cm³/mol. The zero-order valence-electron chi connectivity index (χ0n) is 23.6. The molecule has 0 aromatic heterocycles. The Morgan fingerprint density at radius 2 is 1.36 bits per heavy atom. The number of rotatable bonds is 14. The van der Waals surface area contributed by atoms with Crippen LogP contribution in [0.2, 0.25) is 0 Å². The molecule has 4 aromatic carbocycles. The van der Waals surface area contributed by atoms with Gasteiger partial charge < -0.3 is 15.3 Å². The second-order valence-electron chi connectivity index (χ2n) is 8.94. The van der Waals surface area contributed by atoms with E-state index in [1.807, 2.05) is 0 Å². The summed E-state index contributed by atoms with van der Waals surface area (Å²) in [4.78, 5) is 19.6. The molecule has 0 atom stereocenters. The van der Waals surface area contributed by atoms with Crippen molar-refractivity contribution in [2.75, 3.05) is 0 Å². The van der Waals surface area contributed by atoms with Gasteiger partial charge in [0.15, 0.2) is 11.5 Å². The van der Waals surface area contributed by atoms with E-state index in [0.29, 0.717) is 24.2 Å². The lowest BCUT2D eigenvalue weighted by molar-refractivity contribution is -0.432. The van der Waals surface area contributed by atoms with Crippen LogP contribution < -0.4 is 0 Å². The number of aromatic carboxylic acids is 1. The van der Waals surface area contributed by atoms with Crippen molar-refractivity contribution in [2.45, 2.75) is 19.6 Å². The van der Waals surface area contributed by atoms with Gasteiger partial charge >= 0.3 is 5.97 Å². The maximum atomic E-state index is 12.3. The van der Waals surface area contributed by atoms with Gasteiger partial charge in [0.2, 0.25) is 0 Å². The van der Waals surface area contributed by atoms with Crippen LogP contribution in [-0.2, 0) is 39.0 Å². The Labute approximate surface area is 284 Å². The number of nitrogens with zero attached hydrogens (tertiary/aromatic N) is 5. The number of fused-ring (bicyclic) bond motifs is 1. The Balaban J connectivity index is 1.99. The highest BCUT2D eigenvalue weighted by atomic mass is 32.2. The molecule has 4 rings (SSSR count). The lowest BCUT2D eigenvalue weighted by Crippen LogP contribution is -2.00. The van der Waals surface area contributed by atoms with Gasteiger partial charge in [-0.25, -0.2) is 15.3 Å². The highest BCUT2D eigenvalue weighted by molar-refractivity contribution is 7.95. The first-order valence-electron chi connectivity index (χ1n) is 12.3. The third kappa shape index (κ3) is 8.44. The molecule has 0 aliphatic carbocycles. The number of nitro benzene ring substituents is 1. The summed E-state index contributed by atoms with van der Waals surface area (Å²) in [5.41, 5.74) is -4.36. The van der Waals surface area contributed by atoms with E-state index in [9.17, 15) is 56.2 Å². The van der Waals surface area contributed by atoms with E-state index >= 15 is 0 Å². The number of phenols is 2. The number of nitro groups is 1. The molecular formula is C23H15N5O18S4. The van der Waals surface area contributed by atoms with Gasteiger partial charge in [-0.1, -0.05) is 10.1 Å². The average molecular weight is 778 g/mol. The minimum atomic E-state index is -5.29. The molecule has 0 unspecified atom stereocenters. The number of hydrogen-bond donors (Lipinski definition) is 7. The second-order valence-corrected chi connectivity index (χ2v) is 13.2. The molecule has 23 nitrogen and oxygen atoms in total. The maximum Gasteiger partial charge on any atom is 0.338 e. The van der Waals surface area contributed by atoms with Gasteiger partial charge in [0.05, 0.1) is 44.9 Å². The van der Waals surface area contributed by atoms with E-state index in [-0.39, 0.29) is 21.8 Å². The molecule has 7 N–H and O–H groups in total. The Kier molecular flexibility index (Phi) is 11.6. The Bertz CT molecular complexity index is 2300. The SMILES string of the molecule is O=C(O)c1cc([N+](=O)[O-])ccc1/N=N/c1c(S(=O)(=O)O)cc2cc(SOOO)c(/N=N/c3cc(SOOO)ccc3S(=O)(=O)O)c(O)c2c1O. The molecule has 0 spiro atoms. The van der Waals surface area contributed by atoms with Crippen molar-refractivity contribution in [3.05, 3.63) is 64.2 Å². The first-order chi connectivity index (χ1) is 23.5. The minimum Gasteiger partial charge on any atom is -0.505 e. The molecule has 27 heteroatoms. The summed E-state index contributed by atoms with van der Waals surface area (Å²) >= 11 is 0.469. The third-order valence-corrected chi connectivity index (χ3v) is 8.95. The summed E-state index contributed by atoms with van der Waals surface area (Å²) in [5, 5.41) is 80.5. The molecule has 0 bridgehead atoms. The largest absolute Gasteiger partial charge is 0.505 e. The second kappa shape index (κ2) is 15.3. The normalized spacial score (nSPS) is 12.3. The van der Waals surface area contributed by atoms with E-state index < -0.39 is 97.2 Å². The fraction of sp³-hybridized carbons (Fsp3) is 0. The third-order valence-electron chi connectivity index (χ3n) is 5.99. The van der Waals surface area contributed by atoms with Crippen LogP contribution in [0.1, 0.15) is 10.4 Å². The zero-order valence-corrected chi connectivity index (χ0v) is 26.9. The average Bonchev–Trinajstić information content (AvgIpc) is 3.04. The van der Waals surface area contributed by atoms with Gasteiger partial charge in [0.1, 0.15) is 32.5 Å². The fourth-order valence-electron chi connectivity index (χ4n) is 3.97. The van der Waals surface area contributed by atoms with Crippen molar-refractivity contribution in [1.29, 1.82) is 0 Å². The summed E-state index contributed by atoms with van der Waals surface area (Å²) in [7, 11) is -10.3. The van der Waals surface area contributed by atoms with Crippen molar-refractivity contribution in [3.8, 4) is 11.5 Å². The van der Waals surface area contributed by atoms with Crippen molar-refractivity contribution >= 4 is 89.5 Å². The molecule has 264 valence electrons. The fourth-order valence-corrected chi connectivity index (χ4v) is 6.12. The number of phenolic OH excluding ortho intramolecular Hbond substituents is 2. The van der Waals surface area contributed by atoms with Crippen molar-refractivity contribution in [1.82, 2.24) is 0 Å². The maximum absolute atomic E-state index is 12.3. The van der Waals surface area contributed by atoms with Crippen LogP contribution in [0.15, 0.2) is 88.6 Å². The first kappa shape index (κ1) is 37.9. The number of hydrogen-bond acceptors (Lipinski definition) is 21. The molecular weight excluding hydrogens is 763 g/mol. The lowest BCUT2D eigenvalue weighted by atomic mass is 10.1. The number of non-ortho nitro benzene ring substituents is 1. The summed E-state index contributed by atoms with van der Waals surface area (Å²) in [6, 6.07) is 6.84. The molecule has 0 radical (unpaired) electrons. The monoisotopic (exact) mass is 777 g/mol. The van der Waals surface area contributed by atoms with Crippen LogP contribution in [0.25, 0.3) is 10.8 Å². The van der Waals surface area contributed by atoms with Crippen molar-refractivity contribution in [3.63, 3.8) is 0 Å². The van der Waals surface area contributed by atoms with Crippen LogP contribution in [0.5, 0.6) is 11.5 Å². The minimum absolute atomic E-state index is 0.0270. The number of benzene rings is 4.